The van der Waals surface area contributed by atoms with Crippen LogP contribution in [0.4, 0.5) is 11.4 Å². The molecule has 2 aromatic rings. The zero-order valence-corrected chi connectivity index (χ0v) is 17.5. The maximum Gasteiger partial charge on any atom is 0.338 e. The molecule has 1 heterocycles. The van der Waals surface area contributed by atoms with Gasteiger partial charge in [0.1, 0.15) is 6.67 Å². The quantitative estimate of drug-likeness (QED) is 0.365. The average Bonchev–Trinajstić information content (AvgIpc) is 3.16. The Morgan fingerprint density at radius 3 is 2.52 bits per heavy atom. The number of likely N-dealkylation sites (tertiary alicyclic amines) is 1. The van der Waals surface area contributed by atoms with E-state index in [0.717, 1.165) is 6.07 Å². The number of hydrogen-bond acceptors (Lipinski definition) is 6. The number of nitro groups is 1. The second kappa shape index (κ2) is 9.57. The first-order chi connectivity index (χ1) is 14.8. The summed E-state index contributed by atoms with van der Waals surface area (Å²) < 4.78 is 4.96. The van der Waals surface area contributed by atoms with Gasteiger partial charge < -0.3 is 9.64 Å². The molecule has 0 aliphatic carbocycles. The minimum absolute atomic E-state index is 0.0462. The lowest BCUT2D eigenvalue weighted by molar-refractivity contribution is -0.384. The highest BCUT2D eigenvalue weighted by Gasteiger charge is 2.28. The summed E-state index contributed by atoms with van der Waals surface area (Å²) >= 11 is 6.16. The van der Waals surface area contributed by atoms with Gasteiger partial charge in [-0.05, 0) is 43.7 Å². The fourth-order valence-electron chi connectivity index (χ4n) is 3.22. The van der Waals surface area contributed by atoms with Crippen LogP contribution in [0.25, 0.3) is 0 Å². The van der Waals surface area contributed by atoms with E-state index in [9.17, 15) is 24.5 Å². The molecule has 2 aromatic carbocycles. The predicted molar refractivity (Wildman–Crippen MR) is 113 cm³/mol. The molecule has 0 atom stereocenters. The highest BCUT2D eigenvalue weighted by molar-refractivity contribution is 6.34. The summed E-state index contributed by atoms with van der Waals surface area (Å²) in [4.78, 5) is 50.8. The second-order valence-electron chi connectivity index (χ2n) is 6.82. The van der Waals surface area contributed by atoms with Crippen LogP contribution in [-0.2, 0) is 9.53 Å². The Labute approximate surface area is 183 Å². The first-order valence-corrected chi connectivity index (χ1v) is 10.0. The number of ether oxygens (including phenoxy) is 1. The highest BCUT2D eigenvalue weighted by atomic mass is 35.5. The largest absolute Gasteiger partial charge is 0.462 e. The van der Waals surface area contributed by atoms with Gasteiger partial charge >= 0.3 is 5.97 Å². The summed E-state index contributed by atoms with van der Waals surface area (Å²) in [5.74, 6) is -1.19. The van der Waals surface area contributed by atoms with Gasteiger partial charge in [0.05, 0.1) is 27.7 Å². The molecule has 3 rings (SSSR count). The number of amides is 2. The molecule has 0 bridgehead atoms. The van der Waals surface area contributed by atoms with Crippen molar-refractivity contribution in [2.45, 2.75) is 19.8 Å². The SMILES string of the molecule is CCOC(=O)c1ccc(N(CN2CCCC2=O)C(=O)c2cc([N+](=O)[O-])ccc2Cl)cc1. The van der Waals surface area contributed by atoms with Gasteiger partial charge in [0, 0.05) is 30.8 Å². The highest BCUT2D eigenvalue weighted by Crippen LogP contribution is 2.27. The molecule has 0 radical (unpaired) electrons. The number of non-ortho nitro benzene ring substituents is 1. The van der Waals surface area contributed by atoms with E-state index in [2.05, 4.69) is 0 Å². The van der Waals surface area contributed by atoms with Crippen LogP contribution >= 0.6 is 11.6 Å². The Morgan fingerprint density at radius 2 is 1.94 bits per heavy atom. The number of hydrogen-bond donors (Lipinski definition) is 0. The molecule has 9 nitrogen and oxygen atoms in total. The lowest BCUT2D eigenvalue weighted by atomic mass is 10.1. The normalized spacial score (nSPS) is 13.2. The number of nitrogens with zero attached hydrogens (tertiary/aromatic N) is 3. The zero-order valence-electron chi connectivity index (χ0n) is 16.7. The Hall–Kier alpha value is -3.46. The lowest BCUT2D eigenvalue weighted by Crippen LogP contribution is -2.42. The summed E-state index contributed by atoms with van der Waals surface area (Å²) in [6, 6.07) is 9.73. The predicted octanol–water partition coefficient (Wildman–Crippen LogP) is 3.65. The number of carbonyl (C=O) groups is 3. The zero-order chi connectivity index (χ0) is 22.5. The lowest BCUT2D eigenvalue weighted by Gasteiger charge is -2.28. The van der Waals surface area contributed by atoms with Crippen LogP contribution in [0.3, 0.4) is 0 Å². The molecular weight excluding hydrogens is 426 g/mol. The number of halogens is 1. The van der Waals surface area contributed by atoms with Gasteiger partial charge in [0.25, 0.3) is 11.6 Å². The minimum Gasteiger partial charge on any atom is -0.462 e. The third-order valence-electron chi connectivity index (χ3n) is 4.81. The van der Waals surface area contributed by atoms with Gasteiger partial charge in [0.2, 0.25) is 5.91 Å². The minimum atomic E-state index is -0.615. The molecule has 2 amide bonds. The number of rotatable bonds is 7. The molecule has 0 saturated carbocycles. The van der Waals surface area contributed by atoms with Crippen molar-refractivity contribution in [3.63, 3.8) is 0 Å². The third kappa shape index (κ3) is 5.00. The van der Waals surface area contributed by atoms with Crippen molar-refractivity contribution in [2.24, 2.45) is 0 Å². The molecule has 0 unspecified atom stereocenters. The number of anilines is 1. The van der Waals surface area contributed by atoms with Crippen molar-refractivity contribution in [3.8, 4) is 0 Å². The molecule has 1 fully saturated rings. The molecule has 0 N–H and O–H groups in total. The summed E-state index contributed by atoms with van der Waals surface area (Å²) in [5.41, 5.74) is 0.378. The van der Waals surface area contributed by atoms with Crippen molar-refractivity contribution < 1.29 is 24.0 Å². The van der Waals surface area contributed by atoms with Crippen LogP contribution in [0.2, 0.25) is 5.02 Å². The molecule has 0 spiro atoms. The van der Waals surface area contributed by atoms with E-state index in [1.165, 1.54) is 34.1 Å². The van der Waals surface area contributed by atoms with E-state index in [-0.39, 0.29) is 35.5 Å². The smallest absolute Gasteiger partial charge is 0.338 e. The van der Waals surface area contributed by atoms with Gasteiger partial charge in [-0.3, -0.25) is 24.6 Å². The molecule has 162 valence electrons. The molecule has 1 saturated heterocycles. The van der Waals surface area contributed by atoms with Crippen LogP contribution in [0.5, 0.6) is 0 Å². The van der Waals surface area contributed by atoms with E-state index >= 15 is 0 Å². The third-order valence-corrected chi connectivity index (χ3v) is 5.14. The van der Waals surface area contributed by atoms with E-state index < -0.39 is 16.8 Å². The summed E-state index contributed by atoms with van der Waals surface area (Å²) in [6.07, 6.45) is 1.07. The molecular formula is C21H20ClN3O6. The molecule has 0 aromatic heterocycles. The van der Waals surface area contributed by atoms with Crippen LogP contribution in [0.1, 0.15) is 40.5 Å². The van der Waals surface area contributed by atoms with E-state index in [1.54, 1.807) is 19.1 Å². The Kier molecular flexibility index (Phi) is 6.86. The fraction of sp³-hybridized carbons (Fsp3) is 0.286. The van der Waals surface area contributed by atoms with Gasteiger partial charge in [-0.25, -0.2) is 4.79 Å². The van der Waals surface area contributed by atoms with Crippen molar-refractivity contribution in [1.29, 1.82) is 0 Å². The second-order valence-corrected chi connectivity index (χ2v) is 7.23. The Morgan fingerprint density at radius 1 is 1.23 bits per heavy atom. The van der Waals surface area contributed by atoms with Gasteiger partial charge in [-0.15, -0.1) is 0 Å². The Balaban J connectivity index is 1.97. The van der Waals surface area contributed by atoms with Crippen molar-refractivity contribution in [1.82, 2.24) is 4.90 Å². The van der Waals surface area contributed by atoms with E-state index in [0.29, 0.717) is 30.6 Å². The number of nitro benzene ring substituents is 1. The summed E-state index contributed by atoms with van der Waals surface area (Å²) in [5, 5.41) is 11.2. The topological polar surface area (TPSA) is 110 Å². The standard InChI is InChI=1S/C21H20ClN3O6/c1-2-31-21(28)14-5-7-15(8-6-14)24(13-23-11-3-4-19(23)26)20(27)17-12-16(25(29)30)9-10-18(17)22/h5-10,12H,2-4,11,13H2,1H3. The molecule has 1 aliphatic heterocycles. The van der Waals surface area contributed by atoms with E-state index in [4.69, 9.17) is 16.3 Å². The summed E-state index contributed by atoms with van der Waals surface area (Å²) in [6.45, 7) is 2.37. The molecule has 10 heteroatoms. The number of carbonyl (C=O) groups excluding carboxylic acids is 3. The summed E-state index contributed by atoms with van der Waals surface area (Å²) in [7, 11) is 0. The fourth-order valence-corrected chi connectivity index (χ4v) is 3.41. The van der Waals surface area contributed by atoms with Crippen LogP contribution in [0.15, 0.2) is 42.5 Å². The van der Waals surface area contributed by atoms with Crippen LogP contribution in [0, 0.1) is 10.1 Å². The van der Waals surface area contributed by atoms with Crippen LogP contribution < -0.4 is 4.90 Å². The van der Waals surface area contributed by atoms with Crippen molar-refractivity contribution in [2.75, 3.05) is 24.7 Å². The van der Waals surface area contributed by atoms with Crippen molar-refractivity contribution >= 4 is 40.8 Å². The van der Waals surface area contributed by atoms with E-state index in [1.807, 2.05) is 0 Å². The van der Waals surface area contributed by atoms with Gasteiger partial charge in [0.15, 0.2) is 0 Å². The average molecular weight is 446 g/mol. The maximum atomic E-state index is 13.3. The van der Waals surface area contributed by atoms with Gasteiger partial charge in [-0.1, -0.05) is 11.6 Å². The number of esters is 1. The monoisotopic (exact) mass is 445 g/mol. The van der Waals surface area contributed by atoms with Crippen LogP contribution in [-0.4, -0.2) is 47.4 Å². The molecule has 31 heavy (non-hydrogen) atoms. The Bertz CT molecular complexity index is 1020. The maximum absolute atomic E-state index is 13.3. The first-order valence-electron chi connectivity index (χ1n) is 9.62. The number of benzene rings is 2. The van der Waals surface area contributed by atoms with Crippen molar-refractivity contribution in [3.05, 3.63) is 68.7 Å². The first kappa shape index (κ1) is 22.2. The molecule has 1 aliphatic rings. The van der Waals surface area contributed by atoms with Gasteiger partial charge in [-0.2, -0.15) is 0 Å².